The van der Waals surface area contributed by atoms with Crippen LogP contribution in [-0.4, -0.2) is 4.98 Å². The van der Waals surface area contributed by atoms with Crippen molar-refractivity contribution in [1.82, 2.24) is 4.98 Å². The molecule has 0 fully saturated rings. The zero-order chi connectivity index (χ0) is 15.3. The number of hydrogen-bond acceptors (Lipinski definition) is 0. The summed E-state index contributed by atoms with van der Waals surface area (Å²) in [7, 11) is 0. The Balaban J connectivity index is 0. The Bertz CT molecular complexity index is 530. The van der Waals surface area contributed by atoms with E-state index in [0.717, 1.165) is 10.7 Å². The standard InChI is InChI=1S/C14H17N.2C2H6/c1-5-9-11-12(10-6-2)14(8-4)15-13(11)7-3;2*1-2/h5-10,15H,1-2H2,3-4H3;2*1-2H3/b11-9-,12-10-,13-7+,14-8+;;. The third-order valence-corrected chi connectivity index (χ3v) is 2.29. The molecule has 1 heterocycles. The van der Waals surface area contributed by atoms with Crippen molar-refractivity contribution in [2.75, 3.05) is 0 Å². The molecule has 0 aromatic carbocycles. The van der Waals surface area contributed by atoms with Gasteiger partial charge in [0.2, 0.25) is 0 Å². The Morgan fingerprint density at radius 2 is 1.05 bits per heavy atom. The van der Waals surface area contributed by atoms with Crippen LogP contribution >= 0.6 is 0 Å². The number of aromatic nitrogens is 1. The van der Waals surface area contributed by atoms with Crippen molar-refractivity contribution in [2.45, 2.75) is 41.5 Å². The number of rotatable bonds is 2. The van der Waals surface area contributed by atoms with E-state index < -0.39 is 0 Å². The molecule has 19 heavy (non-hydrogen) atoms. The highest BCUT2D eigenvalue weighted by Crippen LogP contribution is 1.65. The van der Waals surface area contributed by atoms with Crippen LogP contribution in [0.25, 0.3) is 24.3 Å². The van der Waals surface area contributed by atoms with Gasteiger partial charge in [-0.3, -0.25) is 0 Å². The summed E-state index contributed by atoms with van der Waals surface area (Å²) in [5.41, 5.74) is 0. The van der Waals surface area contributed by atoms with Gasteiger partial charge in [-0.1, -0.05) is 77.3 Å². The summed E-state index contributed by atoms with van der Waals surface area (Å²) in [5, 5.41) is 4.58. The van der Waals surface area contributed by atoms with Crippen molar-refractivity contribution in [1.29, 1.82) is 0 Å². The van der Waals surface area contributed by atoms with E-state index in [1.807, 2.05) is 53.7 Å². The first-order chi connectivity index (χ1) is 9.28. The first-order valence-corrected chi connectivity index (χ1v) is 7.04. The first-order valence-electron chi connectivity index (χ1n) is 7.04. The molecule has 1 nitrogen and oxygen atoms in total. The lowest BCUT2D eigenvalue weighted by atomic mass is 10.2. The van der Waals surface area contributed by atoms with Gasteiger partial charge in [0.15, 0.2) is 0 Å². The van der Waals surface area contributed by atoms with Crippen molar-refractivity contribution < 1.29 is 0 Å². The zero-order valence-corrected chi connectivity index (χ0v) is 13.4. The largest absolute Gasteiger partial charge is 0.355 e. The van der Waals surface area contributed by atoms with Gasteiger partial charge in [0, 0.05) is 21.1 Å². The molecule has 1 heteroatoms. The van der Waals surface area contributed by atoms with Crippen molar-refractivity contribution in [3.05, 3.63) is 46.4 Å². The minimum atomic E-state index is 1.12. The minimum absolute atomic E-state index is 1.12. The third kappa shape index (κ3) is 5.60. The maximum Gasteiger partial charge on any atom is 0.0421 e. The number of hydrogen-bond donors (Lipinski definition) is 1. The van der Waals surface area contributed by atoms with E-state index in [0.29, 0.717) is 0 Å². The van der Waals surface area contributed by atoms with Gasteiger partial charge in [0.05, 0.1) is 0 Å². The lowest BCUT2D eigenvalue weighted by molar-refractivity contribution is 1.25. The molecule has 0 amide bonds. The van der Waals surface area contributed by atoms with Crippen LogP contribution in [0.2, 0.25) is 0 Å². The van der Waals surface area contributed by atoms with Gasteiger partial charge in [-0.25, -0.2) is 0 Å². The summed E-state index contributed by atoms with van der Waals surface area (Å²) < 4.78 is 0. The maximum atomic E-state index is 3.73. The summed E-state index contributed by atoms with van der Waals surface area (Å²) >= 11 is 0. The number of allylic oxidation sites excluding steroid dienone is 2. The van der Waals surface area contributed by atoms with Crippen LogP contribution in [0.1, 0.15) is 41.5 Å². The molecule has 0 radical (unpaired) electrons. The summed E-state index contributed by atoms with van der Waals surface area (Å²) in [5.74, 6) is 0. The van der Waals surface area contributed by atoms with E-state index in [-0.39, 0.29) is 0 Å². The molecule has 0 aliphatic rings. The minimum Gasteiger partial charge on any atom is -0.355 e. The lowest BCUT2D eigenvalue weighted by Gasteiger charge is -1.78. The summed E-state index contributed by atoms with van der Waals surface area (Å²) in [6.07, 6.45) is 11.7. The Labute approximate surface area is 118 Å². The molecule has 1 aromatic rings. The van der Waals surface area contributed by atoms with E-state index >= 15 is 0 Å². The lowest BCUT2D eigenvalue weighted by Crippen LogP contribution is -2.37. The topological polar surface area (TPSA) is 15.8 Å². The first kappa shape index (κ1) is 19.6. The van der Waals surface area contributed by atoms with Crippen molar-refractivity contribution in [3.63, 3.8) is 0 Å². The van der Waals surface area contributed by atoms with Gasteiger partial charge in [-0.2, -0.15) is 0 Å². The average Bonchev–Trinajstić information content (AvgIpc) is 2.82. The molecule has 0 aliphatic heterocycles. The average molecular weight is 259 g/mol. The van der Waals surface area contributed by atoms with E-state index in [1.165, 1.54) is 10.4 Å². The Kier molecular flexibility index (Phi) is 13.1. The molecule has 0 aliphatic carbocycles. The van der Waals surface area contributed by atoms with Gasteiger partial charge >= 0.3 is 0 Å². The molecule has 1 N–H and O–H groups in total. The quantitative estimate of drug-likeness (QED) is 0.840. The summed E-state index contributed by atoms with van der Waals surface area (Å²) in [6, 6.07) is 0. The highest BCUT2D eigenvalue weighted by molar-refractivity contribution is 5.44. The molecule has 0 bridgehead atoms. The second-order valence-corrected chi connectivity index (χ2v) is 3.16. The fourth-order valence-corrected chi connectivity index (χ4v) is 1.62. The fourth-order valence-electron chi connectivity index (χ4n) is 1.62. The molecule has 1 aromatic heterocycles. The van der Waals surface area contributed by atoms with Crippen LogP contribution < -0.4 is 21.1 Å². The van der Waals surface area contributed by atoms with Gasteiger partial charge in [0.1, 0.15) is 0 Å². The fraction of sp³-hybridized carbons (Fsp3) is 0.333. The summed E-state index contributed by atoms with van der Waals surface area (Å²) in [6.45, 7) is 19.5. The van der Waals surface area contributed by atoms with Crippen LogP contribution in [0, 0.1) is 0 Å². The van der Waals surface area contributed by atoms with Gasteiger partial charge < -0.3 is 4.98 Å². The monoisotopic (exact) mass is 259 g/mol. The Morgan fingerprint density at radius 3 is 1.26 bits per heavy atom. The smallest absolute Gasteiger partial charge is 0.0421 e. The van der Waals surface area contributed by atoms with Crippen molar-refractivity contribution >= 4 is 24.3 Å². The second-order valence-electron chi connectivity index (χ2n) is 3.16. The molecule has 0 spiro atoms. The van der Waals surface area contributed by atoms with Crippen LogP contribution in [-0.2, 0) is 0 Å². The predicted octanol–water partition coefficient (Wildman–Crippen LogP) is 2.60. The normalized spacial score (nSPS) is 13.4. The molecule has 0 unspecified atom stereocenters. The van der Waals surface area contributed by atoms with Crippen LogP contribution in [0.5, 0.6) is 0 Å². The molecule has 106 valence electrons. The number of aromatic amines is 1. The molecule has 0 atom stereocenters. The van der Waals surface area contributed by atoms with E-state index in [2.05, 4.69) is 30.3 Å². The van der Waals surface area contributed by atoms with Gasteiger partial charge in [-0.05, 0) is 13.8 Å². The highest BCUT2D eigenvalue weighted by atomic mass is 14.7. The number of nitrogens with one attached hydrogen (secondary N) is 1. The third-order valence-electron chi connectivity index (χ3n) is 2.29. The molecule has 0 saturated carbocycles. The Morgan fingerprint density at radius 1 is 0.737 bits per heavy atom. The van der Waals surface area contributed by atoms with E-state index in [9.17, 15) is 0 Å². The van der Waals surface area contributed by atoms with Crippen molar-refractivity contribution in [2.24, 2.45) is 0 Å². The van der Waals surface area contributed by atoms with Crippen LogP contribution in [0.15, 0.2) is 25.3 Å². The SMILES string of the molecule is C=C/C=c1/c(=C/C=C)/c(=C\C)[nH]/c1=C/C.CC.CC. The zero-order valence-electron chi connectivity index (χ0n) is 13.4. The van der Waals surface area contributed by atoms with Crippen LogP contribution in [0.3, 0.4) is 0 Å². The second kappa shape index (κ2) is 12.7. The molecular formula is C18H29N. The van der Waals surface area contributed by atoms with Crippen LogP contribution in [0.4, 0.5) is 0 Å². The molecule has 1 rings (SSSR count). The van der Waals surface area contributed by atoms with E-state index in [1.54, 1.807) is 12.2 Å². The summed E-state index contributed by atoms with van der Waals surface area (Å²) in [4.78, 5) is 3.35. The van der Waals surface area contributed by atoms with Gasteiger partial charge in [-0.15, -0.1) is 0 Å². The van der Waals surface area contributed by atoms with E-state index in [4.69, 9.17) is 0 Å². The van der Waals surface area contributed by atoms with Crippen molar-refractivity contribution in [3.8, 4) is 0 Å². The molecule has 0 saturated heterocycles. The Hall–Kier alpha value is -1.76. The molecular weight excluding hydrogens is 230 g/mol. The number of H-pyrrole nitrogens is 1. The maximum absolute atomic E-state index is 3.73. The highest BCUT2D eigenvalue weighted by Gasteiger charge is 1.91. The predicted molar refractivity (Wildman–Crippen MR) is 91.6 cm³/mol. The van der Waals surface area contributed by atoms with Gasteiger partial charge in [0.25, 0.3) is 0 Å².